The summed E-state index contributed by atoms with van der Waals surface area (Å²) in [7, 11) is 0. The number of nitrogens with one attached hydrogen (secondary N) is 1. The molecule has 1 rings (SSSR count). The van der Waals surface area contributed by atoms with Gasteiger partial charge < -0.3 is 4.98 Å². The summed E-state index contributed by atoms with van der Waals surface area (Å²) in [6.45, 7) is 6.22. The third kappa shape index (κ3) is 1.90. The van der Waals surface area contributed by atoms with Crippen molar-refractivity contribution in [3.8, 4) is 0 Å². The number of hydrogen-bond donors (Lipinski definition) is 1. The highest BCUT2D eigenvalue weighted by Crippen LogP contribution is 2.18. The van der Waals surface area contributed by atoms with Crippen LogP contribution in [0.4, 0.5) is 0 Å². The fourth-order valence-electron chi connectivity index (χ4n) is 0.752. The van der Waals surface area contributed by atoms with Crippen LogP contribution in [-0.4, -0.2) is 9.97 Å². The van der Waals surface area contributed by atoms with Crippen LogP contribution in [0.3, 0.4) is 0 Å². The molecule has 0 bridgehead atoms. The van der Waals surface area contributed by atoms with E-state index in [-0.39, 0.29) is 12.5 Å². The zero-order chi connectivity index (χ0) is 8.48. The minimum Gasteiger partial charge on any atom is -0.312 e. The van der Waals surface area contributed by atoms with Gasteiger partial charge in [-0.3, -0.25) is 0 Å². The maximum Gasteiger partial charge on any atom is 0.344 e. The number of aromatic amines is 1. The molecule has 0 radical (unpaired) electrons. The molecule has 0 aliphatic carbocycles. The lowest BCUT2D eigenvalue weighted by Crippen LogP contribution is -2.17. The Labute approximate surface area is 67.0 Å². The fraction of sp³-hybridized carbons (Fsp3) is 0.500. The van der Waals surface area contributed by atoms with E-state index < -0.39 is 0 Å². The quantitative estimate of drug-likeness (QED) is 0.612. The molecule has 11 heavy (non-hydrogen) atoms. The predicted octanol–water partition coefficient (Wildman–Crippen LogP) is 1.31. The third-order valence-corrected chi connectivity index (χ3v) is 1.54. The maximum atomic E-state index is 10.6. The third-order valence-electron chi connectivity index (χ3n) is 1.54. The summed E-state index contributed by atoms with van der Waals surface area (Å²) in [5, 5.41) is 0. The van der Waals surface area contributed by atoms with Crippen molar-refractivity contribution in [2.45, 2.75) is 26.2 Å². The van der Waals surface area contributed by atoms with E-state index in [2.05, 4.69) is 30.7 Å². The summed E-state index contributed by atoms with van der Waals surface area (Å²) in [6.07, 6.45) is 3.31. The first kappa shape index (κ1) is 7.98. The molecule has 62 valence electrons. The lowest BCUT2D eigenvalue weighted by atomic mass is 9.89. The number of aromatic nitrogens is 2. The van der Waals surface area contributed by atoms with Crippen LogP contribution >= 0.6 is 0 Å². The van der Waals surface area contributed by atoms with E-state index in [1.165, 1.54) is 0 Å². The number of H-pyrrole nitrogens is 1. The fourth-order valence-corrected chi connectivity index (χ4v) is 0.752. The SMILES string of the molecule is CC(C)(C)c1cnc(=O)[nH]c1.[HH]. The van der Waals surface area contributed by atoms with Gasteiger partial charge in [-0.15, -0.1) is 0 Å². The minimum absolute atomic E-state index is 0. The molecular formula is C8H14N2O. The topological polar surface area (TPSA) is 45.8 Å². The molecular weight excluding hydrogens is 140 g/mol. The van der Waals surface area contributed by atoms with Gasteiger partial charge in [-0.2, -0.15) is 0 Å². The first-order chi connectivity index (χ1) is 5.00. The summed E-state index contributed by atoms with van der Waals surface area (Å²) < 4.78 is 0. The van der Waals surface area contributed by atoms with Crippen LogP contribution < -0.4 is 5.69 Å². The van der Waals surface area contributed by atoms with E-state index >= 15 is 0 Å². The van der Waals surface area contributed by atoms with Crippen molar-refractivity contribution < 1.29 is 1.43 Å². The summed E-state index contributed by atoms with van der Waals surface area (Å²) in [5.74, 6) is 0. The smallest absolute Gasteiger partial charge is 0.312 e. The van der Waals surface area contributed by atoms with E-state index in [9.17, 15) is 4.79 Å². The zero-order valence-electron chi connectivity index (χ0n) is 7.01. The Kier molecular flexibility index (Phi) is 1.81. The standard InChI is InChI=1S/C8H12N2O.H2/c1-8(2,3)6-4-9-7(11)10-5-6;/h4-5H,1-3H3,(H,9,10,11);1H. The van der Waals surface area contributed by atoms with E-state index in [4.69, 9.17) is 0 Å². The normalized spacial score (nSPS) is 11.5. The van der Waals surface area contributed by atoms with Gasteiger partial charge in [0.25, 0.3) is 0 Å². The van der Waals surface area contributed by atoms with Crippen LogP contribution in [0.1, 0.15) is 27.8 Å². The van der Waals surface area contributed by atoms with Gasteiger partial charge in [-0.25, -0.2) is 9.78 Å². The van der Waals surface area contributed by atoms with Gasteiger partial charge in [0, 0.05) is 13.8 Å². The van der Waals surface area contributed by atoms with E-state index in [1.54, 1.807) is 12.4 Å². The molecule has 0 aromatic carbocycles. The van der Waals surface area contributed by atoms with Crippen LogP contribution in [0.2, 0.25) is 0 Å². The number of rotatable bonds is 0. The Hall–Kier alpha value is -1.12. The molecule has 1 aromatic heterocycles. The molecule has 0 spiro atoms. The molecule has 3 heteroatoms. The van der Waals surface area contributed by atoms with E-state index in [0.29, 0.717) is 0 Å². The lowest BCUT2D eigenvalue weighted by Gasteiger charge is -2.16. The molecule has 0 fully saturated rings. The first-order valence-electron chi connectivity index (χ1n) is 3.55. The molecule has 0 aliphatic heterocycles. The molecule has 0 atom stereocenters. The van der Waals surface area contributed by atoms with Gasteiger partial charge in [0.2, 0.25) is 0 Å². The van der Waals surface area contributed by atoms with Crippen LogP contribution in [0, 0.1) is 0 Å². The van der Waals surface area contributed by atoms with Crippen molar-refractivity contribution in [2.24, 2.45) is 0 Å². The lowest BCUT2D eigenvalue weighted by molar-refractivity contribution is 0.583. The van der Waals surface area contributed by atoms with Crippen LogP contribution in [0.25, 0.3) is 0 Å². The average Bonchev–Trinajstić information content (AvgIpc) is 1.86. The molecule has 3 nitrogen and oxygen atoms in total. The Morgan fingerprint density at radius 2 is 2.18 bits per heavy atom. The van der Waals surface area contributed by atoms with Gasteiger partial charge in [0.1, 0.15) is 0 Å². The van der Waals surface area contributed by atoms with E-state index in [0.717, 1.165) is 5.56 Å². The molecule has 0 saturated carbocycles. The highest BCUT2D eigenvalue weighted by atomic mass is 16.1. The summed E-state index contributed by atoms with van der Waals surface area (Å²) in [6, 6.07) is 0. The van der Waals surface area contributed by atoms with Crippen molar-refractivity contribution in [3.05, 3.63) is 28.4 Å². The van der Waals surface area contributed by atoms with Gasteiger partial charge >= 0.3 is 5.69 Å². The van der Waals surface area contributed by atoms with Gasteiger partial charge in [0.05, 0.1) is 0 Å². The molecule has 1 N–H and O–H groups in total. The molecule has 0 aliphatic rings. The number of hydrogen-bond acceptors (Lipinski definition) is 2. The molecule has 1 aromatic rings. The Balaban J connectivity index is 0.00000121. The second kappa shape index (κ2) is 2.49. The van der Waals surface area contributed by atoms with Crippen molar-refractivity contribution >= 4 is 0 Å². The molecule has 0 amide bonds. The largest absolute Gasteiger partial charge is 0.344 e. The minimum atomic E-state index is -0.294. The Bertz CT molecular complexity index is 280. The highest BCUT2D eigenvalue weighted by molar-refractivity contribution is 5.13. The van der Waals surface area contributed by atoms with Gasteiger partial charge in [-0.05, 0) is 11.0 Å². The van der Waals surface area contributed by atoms with Crippen molar-refractivity contribution in [1.82, 2.24) is 9.97 Å². The monoisotopic (exact) mass is 154 g/mol. The van der Waals surface area contributed by atoms with Crippen LogP contribution in [-0.2, 0) is 5.41 Å². The van der Waals surface area contributed by atoms with Crippen molar-refractivity contribution in [3.63, 3.8) is 0 Å². The summed E-state index contributed by atoms with van der Waals surface area (Å²) >= 11 is 0. The van der Waals surface area contributed by atoms with E-state index in [1.807, 2.05) is 0 Å². The molecule has 0 unspecified atom stereocenters. The Morgan fingerprint density at radius 3 is 2.55 bits per heavy atom. The zero-order valence-corrected chi connectivity index (χ0v) is 7.01. The van der Waals surface area contributed by atoms with Crippen LogP contribution in [0.15, 0.2) is 17.2 Å². The first-order valence-corrected chi connectivity index (χ1v) is 3.55. The average molecular weight is 154 g/mol. The second-order valence-electron chi connectivity index (χ2n) is 3.56. The summed E-state index contributed by atoms with van der Waals surface area (Å²) in [5.41, 5.74) is 0.798. The van der Waals surface area contributed by atoms with Crippen molar-refractivity contribution in [1.29, 1.82) is 0 Å². The second-order valence-corrected chi connectivity index (χ2v) is 3.56. The predicted molar refractivity (Wildman–Crippen MR) is 45.7 cm³/mol. The molecule has 1 heterocycles. The summed E-state index contributed by atoms with van der Waals surface area (Å²) in [4.78, 5) is 16.8. The number of nitrogens with zero attached hydrogens (tertiary/aromatic N) is 1. The molecule has 0 saturated heterocycles. The Morgan fingerprint density at radius 1 is 1.55 bits per heavy atom. The van der Waals surface area contributed by atoms with Gasteiger partial charge in [0.15, 0.2) is 0 Å². The van der Waals surface area contributed by atoms with Crippen LogP contribution in [0.5, 0.6) is 0 Å². The maximum absolute atomic E-state index is 10.6. The van der Waals surface area contributed by atoms with Gasteiger partial charge in [-0.1, -0.05) is 20.8 Å². The van der Waals surface area contributed by atoms with Crippen molar-refractivity contribution in [2.75, 3.05) is 0 Å². The highest BCUT2D eigenvalue weighted by Gasteiger charge is 2.13.